The van der Waals surface area contributed by atoms with Crippen LogP contribution in [0.15, 0.2) is 12.7 Å². The molecule has 0 heterocycles. The highest BCUT2D eigenvalue weighted by molar-refractivity contribution is 5.77. The van der Waals surface area contributed by atoms with Gasteiger partial charge in [0, 0.05) is 20.2 Å². The van der Waals surface area contributed by atoms with Crippen LogP contribution < -0.4 is 5.73 Å². The molecule has 0 aromatic carbocycles. The van der Waals surface area contributed by atoms with Gasteiger partial charge in [0.05, 0.1) is 12.5 Å². The second kappa shape index (κ2) is 7.29. The maximum absolute atomic E-state index is 12.2. The lowest BCUT2D eigenvalue weighted by Gasteiger charge is -2.24. The highest BCUT2D eigenvalue weighted by atomic mass is 19.4. The van der Waals surface area contributed by atoms with Crippen molar-refractivity contribution in [1.29, 1.82) is 0 Å². The molecule has 0 fully saturated rings. The molecular weight excluding hydrogens is 237 g/mol. The average Bonchev–Trinajstić information content (AvgIpc) is 2.23. The number of carbonyl (C=O) groups is 1. The normalized spacial score (nSPS) is 13.2. The summed E-state index contributed by atoms with van der Waals surface area (Å²) in [5, 5.41) is 0. The van der Waals surface area contributed by atoms with Gasteiger partial charge in [-0.2, -0.15) is 13.2 Å². The van der Waals surface area contributed by atoms with Crippen molar-refractivity contribution in [2.24, 2.45) is 5.73 Å². The molecule has 0 aromatic rings. The van der Waals surface area contributed by atoms with Gasteiger partial charge in [-0.15, -0.1) is 6.58 Å². The van der Waals surface area contributed by atoms with Crippen LogP contribution >= 0.6 is 0 Å². The van der Waals surface area contributed by atoms with Crippen LogP contribution in [0.25, 0.3) is 0 Å². The van der Waals surface area contributed by atoms with E-state index in [9.17, 15) is 18.0 Å². The van der Waals surface area contributed by atoms with Crippen molar-refractivity contribution in [2.75, 3.05) is 26.7 Å². The molecule has 1 atom stereocenters. The Morgan fingerprint density at radius 3 is 2.53 bits per heavy atom. The summed E-state index contributed by atoms with van der Waals surface area (Å²) in [4.78, 5) is 12.3. The van der Waals surface area contributed by atoms with E-state index in [-0.39, 0.29) is 19.5 Å². The summed E-state index contributed by atoms with van der Waals surface area (Å²) in [7, 11) is 1.35. The minimum absolute atomic E-state index is 0.0796. The molecule has 0 saturated carbocycles. The molecule has 4 nitrogen and oxygen atoms in total. The van der Waals surface area contributed by atoms with E-state index in [0.29, 0.717) is 4.90 Å². The summed E-state index contributed by atoms with van der Waals surface area (Å²) in [6.45, 7) is 1.95. The highest BCUT2D eigenvalue weighted by Gasteiger charge is 2.32. The van der Waals surface area contributed by atoms with Gasteiger partial charge in [-0.3, -0.25) is 4.79 Å². The zero-order valence-electron chi connectivity index (χ0n) is 9.67. The molecule has 0 bridgehead atoms. The van der Waals surface area contributed by atoms with E-state index >= 15 is 0 Å². The van der Waals surface area contributed by atoms with Gasteiger partial charge >= 0.3 is 6.18 Å². The van der Waals surface area contributed by atoms with Crippen molar-refractivity contribution in [1.82, 2.24) is 4.90 Å². The van der Waals surface area contributed by atoms with Gasteiger partial charge in [0.15, 0.2) is 0 Å². The molecular formula is C10H17F3N2O2. The van der Waals surface area contributed by atoms with Gasteiger partial charge in [0.25, 0.3) is 0 Å². The zero-order valence-corrected chi connectivity index (χ0v) is 9.67. The Labute approximate surface area is 98.2 Å². The second-order valence-electron chi connectivity index (χ2n) is 3.48. The van der Waals surface area contributed by atoms with Crippen molar-refractivity contribution in [3.05, 3.63) is 12.7 Å². The molecule has 0 aliphatic heterocycles. The number of carbonyl (C=O) groups excluding carboxylic acids is 1. The summed E-state index contributed by atoms with van der Waals surface area (Å²) >= 11 is 0. The molecule has 0 aromatic heterocycles. The topological polar surface area (TPSA) is 55.6 Å². The molecule has 0 aliphatic rings. The van der Waals surface area contributed by atoms with Crippen LogP contribution in [-0.2, 0) is 9.53 Å². The first-order chi connectivity index (χ1) is 7.84. The Balaban J connectivity index is 4.48. The van der Waals surface area contributed by atoms with Gasteiger partial charge in [-0.25, -0.2) is 0 Å². The molecule has 0 aliphatic carbocycles. The van der Waals surface area contributed by atoms with Crippen molar-refractivity contribution < 1.29 is 22.7 Å². The molecule has 17 heavy (non-hydrogen) atoms. The van der Waals surface area contributed by atoms with E-state index in [1.807, 2.05) is 0 Å². The molecule has 100 valence electrons. The number of nitrogens with zero attached hydrogens (tertiary/aromatic N) is 1. The molecule has 1 amide bonds. The number of rotatable bonds is 7. The fourth-order valence-corrected chi connectivity index (χ4v) is 1.21. The van der Waals surface area contributed by atoms with Gasteiger partial charge in [-0.1, -0.05) is 6.08 Å². The minimum Gasteiger partial charge on any atom is -0.380 e. The number of methoxy groups -OCH3 is 1. The van der Waals surface area contributed by atoms with Crippen LogP contribution in [0.1, 0.15) is 6.42 Å². The predicted octanol–water partition coefficient (Wildman–Crippen LogP) is 0.927. The Kier molecular flexibility index (Phi) is 6.82. The lowest BCUT2D eigenvalue weighted by molar-refractivity contribution is -0.161. The van der Waals surface area contributed by atoms with E-state index < -0.39 is 24.7 Å². The Bertz CT molecular complexity index is 252. The number of alkyl halides is 3. The maximum atomic E-state index is 12.2. The number of hydrogen-bond acceptors (Lipinski definition) is 3. The summed E-state index contributed by atoms with van der Waals surface area (Å²) in [6.07, 6.45) is -3.92. The SMILES string of the molecule is C=CCN(CC(F)(F)F)C(=O)CC(CN)OC. The monoisotopic (exact) mass is 254 g/mol. The summed E-state index contributed by atoms with van der Waals surface area (Å²) < 4.78 is 41.5. The number of nitrogens with two attached hydrogens (primary N) is 1. The van der Waals surface area contributed by atoms with E-state index in [1.165, 1.54) is 13.2 Å². The highest BCUT2D eigenvalue weighted by Crippen LogP contribution is 2.17. The van der Waals surface area contributed by atoms with E-state index in [2.05, 4.69) is 6.58 Å². The first-order valence-electron chi connectivity index (χ1n) is 5.02. The zero-order chi connectivity index (χ0) is 13.5. The summed E-state index contributed by atoms with van der Waals surface area (Å²) in [5.41, 5.74) is 5.29. The number of amides is 1. The Morgan fingerprint density at radius 2 is 2.18 bits per heavy atom. The van der Waals surface area contributed by atoms with Crippen LogP contribution in [-0.4, -0.2) is 49.8 Å². The van der Waals surface area contributed by atoms with E-state index in [4.69, 9.17) is 10.5 Å². The van der Waals surface area contributed by atoms with E-state index in [0.717, 1.165) is 0 Å². The van der Waals surface area contributed by atoms with E-state index in [1.54, 1.807) is 0 Å². The summed E-state index contributed by atoms with van der Waals surface area (Å²) in [6, 6.07) is 0. The third-order valence-corrected chi connectivity index (χ3v) is 2.07. The smallest absolute Gasteiger partial charge is 0.380 e. The van der Waals surface area contributed by atoms with Gasteiger partial charge in [0.1, 0.15) is 6.54 Å². The lowest BCUT2D eigenvalue weighted by atomic mass is 10.2. The molecule has 0 spiro atoms. The van der Waals surface area contributed by atoms with Crippen LogP contribution in [0.2, 0.25) is 0 Å². The Hall–Kier alpha value is -1.08. The first-order valence-corrected chi connectivity index (χ1v) is 5.02. The van der Waals surface area contributed by atoms with Crippen LogP contribution in [0.4, 0.5) is 13.2 Å². The van der Waals surface area contributed by atoms with Crippen molar-refractivity contribution >= 4 is 5.91 Å². The average molecular weight is 254 g/mol. The van der Waals surface area contributed by atoms with Crippen molar-refractivity contribution in [3.63, 3.8) is 0 Å². The standard InChI is InChI=1S/C10H17F3N2O2/c1-3-4-15(7-10(11,12)13)9(16)5-8(6-14)17-2/h3,8H,1,4-7,14H2,2H3. The van der Waals surface area contributed by atoms with Gasteiger partial charge < -0.3 is 15.4 Å². The maximum Gasteiger partial charge on any atom is 0.406 e. The van der Waals surface area contributed by atoms with Crippen LogP contribution in [0, 0.1) is 0 Å². The van der Waals surface area contributed by atoms with Crippen LogP contribution in [0.3, 0.4) is 0 Å². The van der Waals surface area contributed by atoms with Gasteiger partial charge in [-0.05, 0) is 0 Å². The third kappa shape index (κ3) is 6.96. The quantitative estimate of drug-likeness (QED) is 0.687. The van der Waals surface area contributed by atoms with Crippen LogP contribution in [0.5, 0.6) is 0 Å². The largest absolute Gasteiger partial charge is 0.406 e. The predicted molar refractivity (Wildman–Crippen MR) is 57.3 cm³/mol. The molecule has 0 rings (SSSR count). The number of halogens is 3. The molecule has 7 heteroatoms. The van der Waals surface area contributed by atoms with Gasteiger partial charge in [0.2, 0.25) is 5.91 Å². The van der Waals surface area contributed by atoms with Crippen molar-refractivity contribution in [3.8, 4) is 0 Å². The number of ether oxygens (including phenoxy) is 1. The molecule has 0 radical (unpaired) electrons. The Morgan fingerprint density at radius 1 is 1.59 bits per heavy atom. The first kappa shape index (κ1) is 15.9. The molecule has 1 unspecified atom stereocenters. The van der Waals surface area contributed by atoms with Crippen molar-refractivity contribution in [2.45, 2.75) is 18.7 Å². The molecule has 2 N–H and O–H groups in total. The fraction of sp³-hybridized carbons (Fsp3) is 0.700. The number of hydrogen-bond donors (Lipinski definition) is 1. The molecule has 0 saturated heterocycles. The lowest BCUT2D eigenvalue weighted by Crippen LogP contribution is -2.41. The second-order valence-corrected chi connectivity index (χ2v) is 3.48. The summed E-state index contributed by atoms with van der Waals surface area (Å²) in [5.74, 6) is -0.653. The fourth-order valence-electron chi connectivity index (χ4n) is 1.21. The minimum atomic E-state index is -4.43. The third-order valence-electron chi connectivity index (χ3n) is 2.07.